The molecule has 0 amide bonds. The number of likely N-dealkylation sites (tertiary alicyclic amines) is 1. The van der Waals surface area contributed by atoms with E-state index in [-0.39, 0.29) is 0 Å². The standard InChI is InChI=1S/C17H28N2O/c1-3-14-6-8-16(9-7-14)17(11-18)19-10-4-5-15(12-19)13-20-2/h6-9,15,17H,3-5,10-13,18H2,1-2H3. The highest BCUT2D eigenvalue weighted by molar-refractivity contribution is 5.25. The van der Waals surface area contributed by atoms with E-state index in [1.165, 1.54) is 24.0 Å². The number of nitrogens with two attached hydrogens (primary N) is 1. The third-order valence-corrected chi connectivity index (χ3v) is 4.39. The minimum Gasteiger partial charge on any atom is -0.384 e. The highest BCUT2D eigenvalue weighted by Crippen LogP contribution is 2.26. The molecule has 2 unspecified atom stereocenters. The van der Waals surface area contributed by atoms with Crippen LogP contribution in [0.1, 0.15) is 36.9 Å². The molecule has 1 aliphatic rings. The second kappa shape index (κ2) is 7.77. The molecule has 1 fully saturated rings. The highest BCUT2D eigenvalue weighted by Gasteiger charge is 2.26. The molecule has 1 aromatic rings. The van der Waals surface area contributed by atoms with Crippen molar-refractivity contribution in [1.82, 2.24) is 4.90 Å². The van der Waals surface area contributed by atoms with Crippen LogP contribution in [0.25, 0.3) is 0 Å². The van der Waals surface area contributed by atoms with Crippen molar-refractivity contribution in [3.63, 3.8) is 0 Å². The first-order valence-electron chi connectivity index (χ1n) is 7.80. The molecule has 1 aromatic carbocycles. The van der Waals surface area contributed by atoms with Crippen LogP contribution in [0.5, 0.6) is 0 Å². The van der Waals surface area contributed by atoms with Crippen molar-refractivity contribution in [1.29, 1.82) is 0 Å². The van der Waals surface area contributed by atoms with Gasteiger partial charge in [-0.15, -0.1) is 0 Å². The van der Waals surface area contributed by atoms with E-state index >= 15 is 0 Å². The second-order valence-corrected chi connectivity index (χ2v) is 5.81. The SMILES string of the molecule is CCc1ccc(C(CN)N2CCCC(COC)C2)cc1. The third-order valence-electron chi connectivity index (χ3n) is 4.39. The Bertz CT molecular complexity index is 388. The van der Waals surface area contributed by atoms with Crippen LogP contribution >= 0.6 is 0 Å². The zero-order valence-corrected chi connectivity index (χ0v) is 12.8. The molecule has 3 nitrogen and oxygen atoms in total. The van der Waals surface area contributed by atoms with Gasteiger partial charge in [0.1, 0.15) is 0 Å². The molecular formula is C17H28N2O. The Morgan fingerprint density at radius 2 is 2.10 bits per heavy atom. The van der Waals surface area contributed by atoms with Gasteiger partial charge in [0.15, 0.2) is 0 Å². The predicted octanol–water partition coefficient (Wildman–Crippen LogP) is 2.61. The van der Waals surface area contributed by atoms with Crippen molar-refractivity contribution in [2.45, 2.75) is 32.2 Å². The van der Waals surface area contributed by atoms with Gasteiger partial charge in [0.25, 0.3) is 0 Å². The average Bonchev–Trinajstić information content (AvgIpc) is 2.49. The van der Waals surface area contributed by atoms with E-state index in [4.69, 9.17) is 10.5 Å². The summed E-state index contributed by atoms with van der Waals surface area (Å²) in [5.74, 6) is 0.651. The highest BCUT2D eigenvalue weighted by atomic mass is 16.5. The largest absolute Gasteiger partial charge is 0.384 e. The summed E-state index contributed by atoms with van der Waals surface area (Å²) in [7, 11) is 1.79. The van der Waals surface area contributed by atoms with E-state index in [0.29, 0.717) is 18.5 Å². The van der Waals surface area contributed by atoms with Gasteiger partial charge in [0.2, 0.25) is 0 Å². The van der Waals surface area contributed by atoms with E-state index in [1.807, 2.05) is 0 Å². The monoisotopic (exact) mass is 276 g/mol. The van der Waals surface area contributed by atoms with Gasteiger partial charge in [-0.2, -0.15) is 0 Å². The molecule has 20 heavy (non-hydrogen) atoms. The molecule has 1 heterocycles. The maximum absolute atomic E-state index is 6.05. The molecule has 2 N–H and O–H groups in total. The summed E-state index contributed by atoms with van der Waals surface area (Å²) in [5, 5.41) is 0. The van der Waals surface area contributed by atoms with Crippen molar-refractivity contribution in [2.24, 2.45) is 11.7 Å². The fourth-order valence-electron chi connectivity index (χ4n) is 3.22. The summed E-state index contributed by atoms with van der Waals surface area (Å²) in [6, 6.07) is 9.30. The summed E-state index contributed by atoms with van der Waals surface area (Å²) >= 11 is 0. The molecule has 0 radical (unpaired) electrons. The number of rotatable bonds is 6. The maximum Gasteiger partial charge on any atom is 0.0502 e. The number of aryl methyl sites for hydroxylation is 1. The summed E-state index contributed by atoms with van der Waals surface area (Å²) in [4.78, 5) is 2.54. The van der Waals surface area contributed by atoms with E-state index < -0.39 is 0 Å². The third kappa shape index (κ3) is 3.81. The van der Waals surface area contributed by atoms with Crippen molar-refractivity contribution < 1.29 is 4.74 Å². The van der Waals surface area contributed by atoms with Crippen molar-refractivity contribution in [2.75, 3.05) is 33.4 Å². The van der Waals surface area contributed by atoms with Gasteiger partial charge >= 0.3 is 0 Å². The molecule has 2 atom stereocenters. The van der Waals surface area contributed by atoms with E-state index in [0.717, 1.165) is 26.1 Å². The van der Waals surface area contributed by atoms with Crippen LogP contribution in [0.3, 0.4) is 0 Å². The number of benzene rings is 1. The van der Waals surface area contributed by atoms with Crippen molar-refractivity contribution >= 4 is 0 Å². The Morgan fingerprint density at radius 1 is 1.35 bits per heavy atom. The zero-order valence-electron chi connectivity index (χ0n) is 12.8. The van der Waals surface area contributed by atoms with Crippen LogP contribution in [-0.4, -0.2) is 38.3 Å². The van der Waals surface area contributed by atoms with Crippen LogP contribution in [0.4, 0.5) is 0 Å². The van der Waals surface area contributed by atoms with Crippen molar-refractivity contribution in [3.8, 4) is 0 Å². The van der Waals surface area contributed by atoms with Gasteiger partial charge in [0.05, 0.1) is 6.61 Å². The Balaban J connectivity index is 2.06. The molecule has 0 spiro atoms. The minimum atomic E-state index is 0.348. The van der Waals surface area contributed by atoms with E-state index in [2.05, 4.69) is 36.1 Å². The number of hydrogen-bond donors (Lipinski definition) is 1. The predicted molar refractivity (Wildman–Crippen MR) is 83.8 cm³/mol. The Labute approximate surface area is 123 Å². The maximum atomic E-state index is 6.05. The van der Waals surface area contributed by atoms with Gasteiger partial charge in [-0.1, -0.05) is 31.2 Å². The van der Waals surface area contributed by atoms with Gasteiger partial charge in [-0.05, 0) is 42.9 Å². The first kappa shape index (κ1) is 15.5. The normalized spacial score (nSPS) is 21.9. The van der Waals surface area contributed by atoms with Crippen LogP contribution in [0.15, 0.2) is 24.3 Å². The number of piperidine rings is 1. The van der Waals surface area contributed by atoms with E-state index in [1.54, 1.807) is 7.11 Å². The Kier molecular flexibility index (Phi) is 6.02. The molecular weight excluding hydrogens is 248 g/mol. The van der Waals surface area contributed by atoms with E-state index in [9.17, 15) is 0 Å². The summed E-state index contributed by atoms with van der Waals surface area (Å²) < 4.78 is 5.32. The van der Waals surface area contributed by atoms with Gasteiger partial charge in [-0.25, -0.2) is 0 Å². The second-order valence-electron chi connectivity index (χ2n) is 5.81. The lowest BCUT2D eigenvalue weighted by molar-refractivity contribution is 0.0697. The van der Waals surface area contributed by atoms with Gasteiger partial charge in [-0.3, -0.25) is 4.90 Å². The molecule has 0 saturated carbocycles. The van der Waals surface area contributed by atoms with Crippen LogP contribution in [0.2, 0.25) is 0 Å². The molecule has 0 bridgehead atoms. The number of nitrogens with zero attached hydrogens (tertiary/aromatic N) is 1. The van der Waals surface area contributed by atoms with Gasteiger partial charge in [0, 0.05) is 26.2 Å². The average molecular weight is 276 g/mol. The quantitative estimate of drug-likeness (QED) is 0.868. The lowest BCUT2D eigenvalue weighted by Crippen LogP contribution is -2.42. The number of ether oxygens (including phenoxy) is 1. The summed E-state index contributed by atoms with van der Waals surface area (Å²) in [5.41, 5.74) is 8.79. The Hall–Kier alpha value is -0.900. The van der Waals surface area contributed by atoms with Crippen LogP contribution in [-0.2, 0) is 11.2 Å². The molecule has 1 aliphatic heterocycles. The summed E-state index contributed by atoms with van der Waals surface area (Å²) in [6.07, 6.45) is 3.61. The minimum absolute atomic E-state index is 0.348. The first-order valence-corrected chi connectivity index (χ1v) is 7.80. The Morgan fingerprint density at radius 3 is 2.70 bits per heavy atom. The zero-order chi connectivity index (χ0) is 14.4. The lowest BCUT2D eigenvalue weighted by Gasteiger charge is -2.38. The number of hydrogen-bond acceptors (Lipinski definition) is 3. The van der Waals surface area contributed by atoms with Crippen molar-refractivity contribution in [3.05, 3.63) is 35.4 Å². The molecule has 3 heteroatoms. The first-order chi connectivity index (χ1) is 9.78. The van der Waals surface area contributed by atoms with Gasteiger partial charge < -0.3 is 10.5 Å². The molecule has 1 saturated heterocycles. The molecule has 2 rings (SSSR count). The number of methoxy groups -OCH3 is 1. The van der Waals surface area contributed by atoms with Crippen LogP contribution in [0, 0.1) is 5.92 Å². The molecule has 0 aliphatic carbocycles. The topological polar surface area (TPSA) is 38.5 Å². The smallest absolute Gasteiger partial charge is 0.0502 e. The molecule has 0 aromatic heterocycles. The van der Waals surface area contributed by atoms with Crippen LogP contribution < -0.4 is 5.73 Å². The fraction of sp³-hybridized carbons (Fsp3) is 0.647. The lowest BCUT2D eigenvalue weighted by atomic mass is 9.95. The fourth-order valence-corrected chi connectivity index (χ4v) is 3.22. The summed E-state index contributed by atoms with van der Waals surface area (Å²) in [6.45, 7) is 5.99. The molecule has 112 valence electrons.